The molecule has 0 radical (unpaired) electrons. The molecule has 0 saturated heterocycles. The third-order valence-electron chi connectivity index (χ3n) is 3.06. The predicted octanol–water partition coefficient (Wildman–Crippen LogP) is 2.78. The smallest absolute Gasteiger partial charge is 0.123 e. The van der Waals surface area contributed by atoms with Gasteiger partial charge in [0.1, 0.15) is 12.4 Å². The Morgan fingerprint density at radius 1 is 0.800 bits per heavy atom. The van der Waals surface area contributed by atoms with Gasteiger partial charge in [0.25, 0.3) is 0 Å². The summed E-state index contributed by atoms with van der Waals surface area (Å²) < 4.78 is 11.3. The van der Waals surface area contributed by atoms with Crippen LogP contribution < -0.4 is 10.5 Å². The Morgan fingerprint density at radius 2 is 1.55 bits per heavy atom. The van der Waals surface area contributed by atoms with Gasteiger partial charge in [-0.2, -0.15) is 0 Å². The van der Waals surface area contributed by atoms with Crippen LogP contribution in [0, 0.1) is 0 Å². The molecule has 0 spiro atoms. The number of benzene rings is 2. The maximum Gasteiger partial charge on any atom is 0.123 e. The first-order chi connectivity index (χ1) is 9.90. The number of rotatable bonds is 8. The molecule has 0 unspecified atom stereocenters. The first kappa shape index (κ1) is 14.6. The van der Waals surface area contributed by atoms with Crippen molar-refractivity contribution in [1.82, 2.24) is 0 Å². The van der Waals surface area contributed by atoms with Crippen LogP contribution in [0.4, 0.5) is 0 Å². The van der Waals surface area contributed by atoms with Crippen LogP contribution in [-0.2, 0) is 17.7 Å². The highest BCUT2D eigenvalue weighted by atomic mass is 16.5. The fraction of sp³-hybridized carbons (Fsp3) is 0.294. The van der Waals surface area contributed by atoms with Crippen molar-refractivity contribution in [2.45, 2.75) is 13.0 Å². The molecule has 0 fully saturated rings. The molecule has 0 aromatic heterocycles. The van der Waals surface area contributed by atoms with E-state index < -0.39 is 0 Å². The molecular weight excluding hydrogens is 250 g/mol. The standard InChI is InChI=1S/C17H21NO2/c18-14-16-8-4-5-9-17(16)20-13-12-19-11-10-15-6-2-1-3-7-15/h1-9H,10-14,18H2. The lowest BCUT2D eigenvalue weighted by Crippen LogP contribution is -2.10. The Morgan fingerprint density at radius 3 is 2.35 bits per heavy atom. The zero-order valence-corrected chi connectivity index (χ0v) is 11.6. The third kappa shape index (κ3) is 4.68. The number of nitrogens with two attached hydrogens (primary N) is 1. The minimum atomic E-state index is 0.491. The van der Waals surface area contributed by atoms with Gasteiger partial charge < -0.3 is 15.2 Å². The van der Waals surface area contributed by atoms with E-state index in [1.807, 2.05) is 42.5 Å². The van der Waals surface area contributed by atoms with Crippen molar-refractivity contribution < 1.29 is 9.47 Å². The molecule has 2 rings (SSSR count). The third-order valence-corrected chi connectivity index (χ3v) is 3.06. The molecule has 0 aliphatic heterocycles. The quantitative estimate of drug-likeness (QED) is 0.751. The van der Waals surface area contributed by atoms with Gasteiger partial charge in [0.15, 0.2) is 0 Å². The van der Waals surface area contributed by atoms with Gasteiger partial charge in [0.05, 0.1) is 13.2 Å². The minimum absolute atomic E-state index is 0.491. The molecule has 20 heavy (non-hydrogen) atoms. The van der Waals surface area contributed by atoms with Crippen LogP contribution in [0.3, 0.4) is 0 Å². The monoisotopic (exact) mass is 271 g/mol. The molecule has 2 aromatic carbocycles. The normalized spacial score (nSPS) is 10.4. The van der Waals surface area contributed by atoms with Crippen molar-refractivity contribution >= 4 is 0 Å². The SMILES string of the molecule is NCc1ccccc1OCCOCCc1ccccc1. The molecule has 0 heterocycles. The number of hydrogen-bond donors (Lipinski definition) is 1. The van der Waals surface area contributed by atoms with Gasteiger partial charge in [-0.05, 0) is 18.1 Å². The summed E-state index contributed by atoms with van der Waals surface area (Å²) in [6.07, 6.45) is 0.931. The molecular formula is C17H21NO2. The van der Waals surface area contributed by atoms with Crippen molar-refractivity contribution in [3.8, 4) is 5.75 Å². The van der Waals surface area contributed by atoms with Crippen LogP contribution in [0.1, 0.15) is 11.1 Å². The average molecular weight is 271 g/mol. The van der Waals surface area contributed by atoms with Crippen LogP contribution in [0.5, 0.6) is 5.75 Å². The van der Waals surface area contributed by atoms with Crippen molar-refractivity contribution in [2.75, 3.05) is 19.8 Å². The van der Waals surface area contributed by atoms with E-state index >= 15 is 0 Å². The summed E-state index contributed by atoms with van der Waals surface area (Å²) in [5.74, 6) is 0.849. The van der Waals surface area contributed by atoms with Gasteiger partial charge in [0.2, 0.25) is 0 Å². The molecule has 2 aromatic rings. The number of para-hydroxylation sites is 1. The number of ether oxygens (including phenoxy) is 2. The van der Waals surface area contributed by atoms with E-state index in [0.29, 0.717) is 26.4 Å². The highest BCUT2D eigenvalue weighted by molar-refractivity contribution is 5.32. The summed E-state index contributed by atoms with van der Waals surface area (Å²) in [6, 6.07) is 18.2. The molecule has 0 aliphatic rings. The van der Waals surface area contributed by atoms with Gasteiger partial charge in [-0.25, -0.2) is 0 Å². The maximum absolute atomic E-state index is 5.68. The van der Waals surface area contributed by atoms with E-state index in [9.17, 15) is 0 Å². The molecule has 0 saturated carbocycles. The van der Waals surface area contributed by atoms with Gasteiger partial charge in [-0.3, -0.25) is 0 Å². The largest absolute Gasteiger partial charge is 0.491 e. The Bertz CT molecular complexity index is 499. The molecule has 2 N–H and O–H groups in total. The summed E-state index contributed by atoms with van der Waals surface area (Å²) >= 11 is 0. The lowest BCUT2D eigenvalue weighted by Gasteiger charge is -2.10. The lowest BCUT2D eigenvalue weighted by atomic mass is 10.2. The lowest BCUT2D eigenvalue weighted by molar-refractivity contribution is 0.102. The summed E-state index contributed by atoms with van der Waals surface area (Å²) in [6.45, 7) is 2.34. The van der Waals surface area contributed by atoms with E-state index in [4.69, 9.17) is 15.2 Å². The van der Waals surface area contributed by atoms with Crippen molar-refractivity contribution in [3.63, 3.8) is 0 Å². The fourth-order valence-electron chi connectivity index (χ4n) is 1.96. The fourth-order valence-corrected chi connectivity index (χ4v) is 1.96. The highest BCUT2D eigenvalue weighted by Gasteiger charge is 2.00. The summed E-state index contributed by atoms with van der Waals surface area (Å²) in [4.78, 5) is 0. The van der Waals surface area contributed by atoms with Crippen LogP contribution in [0.2, 0.25) is 0 Å². The Kier molecular flexibility index (Phi) is 6.08. The summed E-state index contributed by atoms with van der Waals surface area (Å²) in [7, 11) is 0. The maximum atomic E-state index is 5.68. The molecule has 3 nitrogen and oxygen atoms in total. The average Bonchev–Trinajstić information content (AvgIpc) is 2.52. The Hall–Kier alpha value is -1.84. The zero-order chi connectivity index (χ0) is 14.0. The van der Waals surface area contributed by atoms with E-state index in [-0.39, 0.29) is 0 Å². The topological polar surface area (TPSA) is 44.5 Å². The van der Waals surface area contributed by atoms with Crippen molar-refractivity contribution in [2.24, 2.45) is 5.73 Å². The van der Waals surface area contributed by atoms with Gasteiger partial charge >= 0.3 is 0 Å². The Labute approximate surface area is 120 Å². The minimum Gasteiger partial charge on any atom is -0.491 e. The number of hydrogen-bond acceptors (Lipinski definition) is 3. The van der Waals surface area contributed by atoms with Crippen LogP contribution in [0.15, 0.2) is 54.6 Å². The van der Waals surface area contributed by atoms with Gasteiger partial charge in [-0.15, -0.1) is 0 Å². The molecule has 0 aliphatic carbocycles. The molecule has 0 atom stereocenters. The second kappa shape index (κ2) is 8.35. The molecule has 0 bridgehead atoms. The zero-order valence-electron chi connectivity index (χ0n) is 11.6. The predicted molar refractivity (Wildman–Crippen MR) is 80.8 cm³/mol. The summed E-state index contributed by atoms with van der Waals surface area (Å²) in [5.41, 5.74) is 7.97. The molecule has 106 valence electrons. The molecule has 3 heteroatoms. The summed E-state index contributed by atoms with van der Waals surface area (Å²) in [5, 5.41) is 0. The van der Waals surface area contributed by atoms with Gasteiger partial charge in [-0.1, -0.05) is 48.5 Å². The Balaban J connectivity index is 1.62. The first-order valence-electron chi connectivity index (χ1n) is 6.92. The second-order valence-electron chi connectivity index (χ2n) is 4.51. The van der Waals surface area contributed by atoms with Gasteiger partial charge in [0, 0.05) is 12.1 Å². The highest BCUT2D eigenvalue weighted by Crippen LogP contribution is 2.16. The van der Waals surface area contributed by atoms with Crippen molar-refractivity contribution in [3.05, 3.63) is 65.7 Å². The van der Waals surface area contributed by atoms with E-state index in [2.05, 4.69) is 12.1 Å². The van der Waals surface area contributed by atoms with E-state index in [0.717, 1.165) is 17.7 Å². The van der Waals surface area contributed by atoms with E-state index in [1.165, 1.54) is 5.56 Å². The second-order valence-corrected chi connectivity index (χ2v) is 4.51. The van der Waals surface area contributed by atoms with Crippen LogP contribution in [0.25, 0.3) is 0 Å². The molecule has 0 amide bonds. The van der Waals surface area contributed by atoms with Crippen molar-refractivity contribution in [1.29, 1.82) is 0 Å². The van der Waals surface area contributed by atoms with Crippen LogP contribution in [-0.4, -0.2) is 19.8 Å². The first-order valence-corrected chi connectivity index (χ1v) is 6.92. The van der Waals surface area contributed by atoms with E-state index in [1.54, 1.807) is 0 Å². The van der Waals surface area contributed by atoms with Crippen LogP contribution >= 0.6 is 0 Å².